The lowest BCUT2D eigenvalue weighted by atomic mass is 10.1. The van der Waals surface area contributed by atoms with Crippen LogP contribution in [-0.2, 0) is 11.3 Å². The highest BCUT2D eigenvalue weighted by molar-refractivity contribution is 6.31. The minimum absolute atomic E-state index is 0.0809. The third-order valence-electron chi connectivity index (χ3n) is 5.44. The first kappa shape index (κ1) is 20.6. The molecule has 5 nitrogen and oxygen atoms in total. The van der Waals surface area contributed by atoms with E-state index in [1.54, 1.807) is 12.0 Å². The van der Waals surface area contributed by atoms with Gasteiger partial charge in [-0.25, -0.2) is 0 Å². The lowest BCUT2D eigenvalue weighted by Gasteiger charge is -2.29. The molecule has 1 atom stereocenters. The second kappa shape index (κ2) is 9.92. The molecule has 150 valence electrons. The van der Waals surface area contributed by atoms with E-state index in [1.807, 2.05) is 43.3 Å². The SMILES string of the molecule is COc1ccc(C[NH+]2CC[NH+](CC(=O)N[C@@H](C)c3ccccc3Cl)CC2)cc1. The molecule has 0 spiro atoms. The van der Waals surface area contributed by atoms with Gasteiger partial charge in [-0.05, 0) is 42.8 Å². The summed E-state index contributed by atoms with van der Waals surface area (Å²) in [4.78, 5) is 15.4. The standard InChI is InChI=1S/C22H28ClN3O2/c1-17(20-5-3-4-6-21(20)23)24-22(27)16-26-13-11-25(12-14-26)15-18-7-9-19(28-2)10-8-18/h3-10,17H,11-16H2,1-2H3,(H,24,27)/p+2/t17-/m0/s1. The third kappa shape index (κ3) is 5.71. The Balaban J connectivity index is 1.42. The summed E-state index contributed by atoms with van der Waals surface area (Å²) in [6.45, 7) is 7.70. The average Bonchev–Trinajstić information content (AvgIpc) is 2.70. The van der Waals surface area contributed by atoms with E-state index in [4.69, 9.17) is 16.3 Å². The Hall–Kier alpha value is -2.08. The summed E-state index contributed by atoms with van der Waals surface area (Å²) in [7, 11) is 1.69. The highest BCUT2D eigenvalue weighted by atomic mass is 35.5. The number of piperazine rings is 1. The molecule has 1 heterocycles. The number of quaternary nitrogens is 2. The number of hydrogen-bond donors (Lipinski definition) is 3. The molecule has 1 saturated heterocycles. The van der Waals surface area contributed by atoms with Crippen LogP contribution in [0.25, 0.3) is 0 Å². The number of hydrogen-bond acceptors (Lipinski definition) is 2. The molecular weight excluding hydrogens is 374 g/mol. The summed E-state index contributed by atoms with van der Waals surface area (Å²) in [5, 5.41) is 3.78. The van der Waals surface area contributed by atoms with Gasteiger partial charge in [0, 0.05) is 10.6 Å². The Bertz CT molecular complexity index is 774. The summed E-state index contributed by atoms with van der Waals surface area (Å²) < 4.78 is 5.22. The van der Waals surface area contributed by atoms with Gasteiger partial charge in [-0.15, -0.1) is 0 Å². The monoisotopic (exact) mass is 403 g/mol. The minimum Gasteiger partial charge on any atom is -0.497 e. The smallest absolute Gasteiger partial charge is 0.275 e. The molecule has 1 aliphatic rings. The molecule has 0 aromatic heterocycles. The molecule has 2 aromatic carbocycles. The van der Waals surface area contributed by atoms with Gasteiger partial charge in [0.05, 0.1) is 13.2 Å². The van der Waals surface area contributed by atoms with E-state index in [9.17, 15) is 4.79 Å². The molecule has 1 aliphatic heterocycles. The van der Waals surface area contributed by atoms with Gasteiger partial charge < -0.3 is 19.9 Å². The van der Waals surface area contributed by atoms with Crippen LogP contribution >= 0.6 is 11.6 Å². The van der Waals surface area contributed by atoms with Crippen LogP contribution in [-0.4, -0.2) is 45.7 Å². The van der Waals surface area contributed by atoms with Gasteiger partial charge in [-0.2, -0.15) is 0 Å². The van der Waals surface area contributed by atoms with Crippen LogP contribution in [0.2, 0.25) is 5.02 Å². The number of amides is 1. The van der Waals surface area contributed by atoms with Crippen molar-refractivity contribution in [3.63, 3.8) is 0 Å². The highest BCUT2D eigenvalue weighted by Gasteiger charge is 2.25. The predicted molar refractivity (Wildman–Crippen MR) is 111 cm³/mol. The number of ether oxygens (including phenoxy) is 1. The highest BCUT2D eigenvalue weighted by Crippen LogP contribution is 2.21. The molecule has 0 unspecified atom stereocenters. The molecule has 6 heteroatoms. The molecule has 0 aliphatic carbocycles. The van der Waals surface area contributed by atoms with Crippen molar-refractivity contribution in [1.29, 1.82) is 0 Å². The van der Waals surface area contributed by atoms with Crippen molar-refractivity contribution in [3.8, 4) is 5.75 Å². The number of carbonyl (C=O) groups excluding carboxylic acids is 1. The Labute approximate surface area is 172 Å². The summed E-state index contributed by atoms with van der Waals surface area (Å²) in [5.41, 5.74) is 2.28. The fourth-order valence-electron chi connectivity index (χ4n) is 3.77. The molecule has 28 heavy (non-hydrogen) atoms. The Morgan fingerprint density at radius 1 is 1.07 bits per heavy atom. The number of rotatable bonds is 7. The zero-order valence-corrected chi connectivity index (χ0v) is 17.4. The predicted octanol–water partition coefficient (Wildman–Crippen LogP) is 0.509. The maximum atomic E-state index is 12.4. The van der Waals surface area contributed by atoms with Crippen LogP contribution in [0, 0.1) is 0 Å². The lowest BCUT2D eigenvalue weighted by molar-refractivity contribution is -1.02. The second-order valence-electron chi connectivity index (χ2n) is 7.51. The molecule has 3 N–H and O–H groups in total. The summed E-state index contributed by atoms with van der Waals surface area (Å²) in [6.07, 6.45) is 0. The topological polar surface area (TPSA) is 47.2 Å². The van der Waals surface area contributed by atoms with E-state index in [2.05, 4.69) is 17.4 Å². The van der Waals surface area contributed by atoms with E-state index in [0.717, 1.165) is 44.0 Å². The summed E-state index contributed by atoms with van der Waals surface area (Å²) in [5.74, 6) is 0.978. The van der Waals surface area contributed by atoms with Gasteiger partial charge in [0.1, 0.15) is 38.5 Å². The van der Waals surface area contributed by atoms with Crippen molar-refractivity contribution in [2.24, 2.45) is 0 Å². The maximum Gasteiger partial charge on any atom is 0.275 e. The number of nitrogens with one attached hydrogen (secondary N) is 3. The van der Waals surface area contributed by atoms with E-state index in [0.29, 0.717) is 11.6 Å². The van der Waals surface area contributed by atoms with E-state index in [-0.39, 0.29) is 11.9 Å². The normalized spacial score (nSPS) is 20.4. The first-order valence-corrected chi connectivity index (χ1v) is 10.3. The van der Waals surface area contributed by atoms with Gasteiger partial charge in [-0.3, -0.25) is 4.79 Å². The first-order chi connectivity index (χ1) is 13.5. The molecule has 1 fully saturated rings. The van der Waals surface area contributed by atoms with Gasteiger partial charge in [0.15, 0.2) is 6.54 Å². The molecule has 0 saturated carbocycles. The number of halogens is 1. The minimum atomic E-state index is -0.0809. The maximum absolute atomic E-state index is 12.4. The Kier molecular flexibility index (Phi) is 7.31. The molecule has 0 radical (unpaired) electrons. The molecule has 1 amide bonds. The Morgan fingerprint density at radius 2 is 1.71 bits per heavy atom. The Morgan fingerprint density at radius 3 is 2.36 bits per heavy atom. The number of methoxy groups -OCH3 is 1. The van der Waals surface area contributed by atoms with Gasteiger partial charge in [-0.1, -0.05) is 29.8 Å². The first-order valence-electron chi connectivity index (χ1n) is 9.89. The fraction of sp³-hybridized carbons (Fsp3) is 0.409. The summed E-state index contributed by atoms with van der Waals surface area (Å²) in [6, 6.07) is 15.9. The molecule has 0 bridgehead atoms. The van der Waals surface area contributed by atoms with E-state index >= 15 is 0 Å². The van der Waals surface area contributed by atoms with Crippen LogP contribution in [0.5, 0.6) is 5.75 Å². The van der Waals surface area contributed by atoms with Crippen molar-refractivity contribution in [3.05, 3.63) is 64.7 Å². The third-order valence-corrected chi connectivity index (χ3v) is 5.78. The fourth-order valence-corrected chi connectivity index (χ4v) is 4.07. The van der Waals surface area contributed by atoms with E-state index in [1.165, 1.54) is 10.5 Å². The van der Waals surface area contributed by atoms with Crippen LogP contribution in [0.1, 0.15) is 24.1 Å². The number of benzene rings is 2. The quantitative estimate of drug-likeness (QED) is 0.631. The summed E-state index contributed by atoms with van der Waals surface area (Å²) >= 11 is 6.23. The van der Waals surface area contributed by atoms with Crippen LogP contribution in [0.15, 0.2) is 48.5 Å². The zero-order chi connectivity index (χ0) is 19.9. The van der Waals surface area contributed by atoms with Crippen LogP contribution in [0.4, 0.5) is 0 Å². The van der Waals surface area contributed by atoms with Crippen molar-refractivity contribution in [2.45, 2.75) is 19.5 Å². The molecule has 3 rings (SSSR count). The average molecular weight is 404 g/mol. The van der Waals surface area contributed by atoms with Crippen molar-refractivity contribution in [2.75, 3.05) is 39.8 Å². The van der Waals surface area contributed by atoms with Gasteiger partial charge in [0.25, 0.3) is 5.91 Å². The van der Waals surface area contributed by atoms with Crippen LogP contribution < -0.4 is 19.9 Å². The van der Waals surface area contributed by atoms with Crippen molar-refractivity contribution >= 4 is 17.5 Å². The molecular formula is C22H30ClN3O2+2. The van der Waals surface area contributed by atoms with Gasteiger partial charge in [0.2, 0.25) is 0 Å². The van der Waals surface area contributed by atoms with Crippen LogP contribution in [0.3, 0.4) is 0 Å². The molecule has 2 aromatic rings. The lowest BCUT2D eigenvalue weighted by Crippen LogP contribution is -3.28. The number of carbonyl (C=O) groups is 1. The van der Waals surface area contributed by atoms with E-state index < -0.39 is 0 Å². The van der Waals surface area contributed by atoms with Crippen molar-refractivity contribution < 1.29 is 19.3 Å². The zero-order valence-electron chi connectivity index (χ0n) is 16.6. The van der Waals surface area contributed by atoms with Crippen molar-refractivity contribution in [1.82, 2.24) is 5.32 Å². The second-order valence-corrected chi connectivity index (χ2v) is 7.92. The van der Waals surface area contributed by atoms with Gasteiger partial charge >= 0.3 is 0 Å². The largest absolute Gasteiger partial charge is 0.497 e.